The first kappa shape index (κ1) is 10.1. The van der Waals surface area contributed by atoms with Crippen molar-refractivity contribution in [2.24, 2.45) is 5.84 Å². The number of hydrogen-bond acceptors (Lipinski definition) is 5. The maximum Gasteiger partial charge on any atom is 0.334 e. The van der Waals surface area contributed by atoms with Crippen LogP contribution in [0.25, 0.3) is 0 Å². The lowest BCUT2D eigenvalue weighted by Gasteiger charge is -2.13. The number of rotatable bonds is 4. The van der Waals surface area contributed by atoms with Gasteiger partial charge in [0.2, 0.25) is 0 Å². The molecule has 0 rings (SSSR count). The van der Waals surface area contributed by atoms with E-state index in [0.717, 1.165) is 0 Å². The van der Waals surface area contributed by atoms with Gasteiger partial charge in [0.05, 0.1) is 0 Å². The van der Waals surface area contributed by atoms with Gasteiger partial charge in [-0.1, -0.05) is 6.58 Å². The minimum atomic E-state index is -0.424. The van der Waals surface area contributed by atoms with Crippen LogP contribution in [0.15, 0.2) is 12.2 Å². The number of ether oxygens (including phenoxy) is 1. The molecule has 0 aliphatic carbocycles. The van der Waals surface area contributed by atoms with Crippen molar-refractivity contribution < 1.29 is 9.53 Å². The van der Waals surface area contributed by atoms with Gasteiger partial charge in [-0.25, -0.2) is 4.79 Å². The van der Waals surface area contributed by atoms with Crippen molar-refractivity contribution >= 4 is 5.97 Å². The van der Waals surface area contributed by atoms with Crippen molar-refractivity contribution in [3.63, 3.8) is 0 Å². The van der Waals surface area contributed by atoms with E-state index in [1.165, 1.54) is 5.01 Å². The molecule has 0 aromatic rings. The number of hydrogen-bond donors (Lipinski definition) is 2. The molecule has 0 aliphatic rings. The predicted octanol–water partition coefficient (Wildman–Crippen LogP) is -0.627. The minimum Gasteiger partial charge on any atom is -0.445 e. The zero-order valence-electron chi connectivity index (χ0n) is 6.76. The van der Waals surface area contributed by atoms with E-state index in [0.29, 0.717) is 5.57 Å². The Morgan fingerprint density at radius 3 is 2.73 bits per heavy atom. The summed E-state index contributed by atoms with van der Waals surface area (Å²) in [6.45, 7) is 5.10. The molecule has 0 aliphatic heterocycles. The van der Waals surface area contributed by atoms with Gasteiger partial charge in [-0.05, 0) is 6.92 Å². The summed E-state index contributed by atoms with van der Waals surface area (Å²) < 4.78 is 4.70. The van der Waals surface area contributed by atoms with Gasteiger partial charge in [-0.15, -0.1) is 0 Å². The van der Waals surface area contributed by atoms with Crippen LogP contribution in [0.5, 0.6) is 0 Å². The molecule has 0 unspecified atom stereocenters. The largest absolute Gasteiger partial charge is 0.445 e. The van der Waals surface area contributed by atoms with Crippen molar-refractivity contribution in [1.29, 1.82) is 0 Å². The first-order chi connectivity index (χ1) is 5.07. The van der Waals surface area contributed by atoms with E-state index in [-0.39, 0.29) is 6.73 Å². The number of esters is 1. The molecule has 0 amide bonds. The summed E-state index contributed by atoms with van der Waals surface area (Å²) in [5.74, 6) is 4.57. The monoisotopic (exact) mass is 159 g/mol. The smallest absolute Gasteiger partial charge is 0.334 e. The minimum absolute atomic E-state index is 0.0994. The SMILES string of the molecule is C=C(C)C(=O)OCN(C)NN. The van der Waals surface area contributed by atoms with Crippen molar-refractivity contribution in [2.45, 2.75) is 6.92 Å². The molecule has 0 spiro atoms. The van der Waals surface area contributed by atoms with Crippen molar-refractivity contribution in [3.8, 4) is 0 Å². The van der Waals surface area contributed by atoms with Crippen LogP contribution in [0.2, 0.25) is 0 Å². The van der Waals surface area contributed by atoms with Gasteiger partial charge in [-0.2, -0.15) is 10.5 Å². The Morgan fingerprint density at radius 1 is 1.82 bits per heavy atom. The predicted molar refractivity (Wildman–Crippen MR) is 40.9 cm³/mol. The van der Waals surface area contributed by atoms with Crippen molar-refractivity contribution in [2.75, 3.05) is 13.8 Å². The van der Waals surface area contributed by atoms with Gasteiger partial charge in [0.15, 0.2) is 6.73 Å². The highest BCUT2D eigenvalue weighted by Crippen LogP contribution is 1.91. The van der Waals surface area contributed by atoms with Crippen LogP contribution in [0.3, 0.4) is 0 Å². The van der Waals surface area contributed by atoms with Crippen LogP contribution in [-0.2, 0) is 9.53 Å². The van der Waals surface area contributed by atoms with Crippen LogP contribution >= 0.6 is 0 Å². The highest BCUT2D eigenvalue weighted by Gasteiger charge is 2.03. The number of nitrogens with zero attached hydrogens (tertiary/aromatic N) is 1. The Kier molecular flexibility index (Phi) is 4.44. The zero-order valence-corrected chi connectivity index (χ0v) is 6.76. The summed E-state index contributed by atoms with van der Waals surface area (Å²) in [7, 11) is 1.64. The van der Waals surface area contributed by atoms with Crippen molar-refractivity contribution in [1.82, 2.24) is 10.5 Å². The van der Waals surface area contributed by atoms with E-state index in [1.807, 2.05) is 0 Å². The van der Waals surface area contributed by atoms with E-state index in [2.05, 4.69) is 12.1 Å². The maximum absolute atomic E-state index is 10.7. The van der Waals surface area contributed by atoms with Crippen molar-refractivity contribution in [3.05, 3.63) is 12.2 Å². The number of hydrazine groups is 2. The fourth-order valence-corrected chi connectivity index (χ4v) is 0.316. The van der Waals surface area contributed by atoms with Gasteiger partial charge < -0.3 is 4.74 Å². The number of nitrogens with two attached hydrogens (primary N) is 1. The molecule has 64 valence electrons. The van der Waals surface area contributed by atoms with Gasteiger partial charge in [-0.3, -0.25) is 5.84 Å². The molecule has 3 N–H and O–H groups in total. The van der Waals surface area contributed by atoms with Crippen LogP contribution in [0, 0.1) is 0 Å². The molecule has 0 aromatic heterocycles. The number of carbonyl (C=O) groups is 1. The molecule has 0 radical (unpaired) electrons. The van der Waals surface area contributed by atoms with Crippen LogP contribution < -0.4 is 11.4 Å². The second kappa shape index (κ2) is 4.84. The third kappa shape index (κ3) is 4.49. The molecule has 0 heterocycles. The van der Waals surface area contributed by atoms with E-state index in [1.54, 1.807) is 14.0 Å². The molecule has 5 heteroatoms. The Balaban J connectivity index is 3.54. The molecule has 0 saturated heterocycles. The second-order valence-electron chi connectivity index (χ2n) is 2.17. The zero-order chi connectivity index (χ0) is 8.85. The molecule has 5 nitrogen and oxygen atoms in total. The summed E-state index contributed by atoms with van der Waals surface area (Å²) in [5, 5.41) is 1.42. The average molecular weight is 159 g/mol. The quantitative estimate of drug-likeness (QED) is 0.188. The normalized spacial score (nSPS) is 9.82. The Hall–Kier alpha value is -0.910. The van der Waals surface area contributed by atoms with Gasteiger partial charge in [0.25, 0.3) is 0 Å². The Bertz CT molecular complexity index is 158. The second-order valence-corrected chi connectivity index (χ2v) is 2.17. The Morgan fingerprint density at radius 2 is 2.36 bits per heavy atom. The lowest BCUT2D eigenvalue weighted by atomic mass is 10.4. The third-order valence-electron chi connectivity index (χ3n) is 0.958. The number of nitrogens with one attached hydrogen (secondary N) is 1. The standard InChI is InChI=1S/C6H13N3O2/c1-5(2)6(10)11-4-9(3)8-7/h8H,1,4,7H2,2-3H3. The fraction of sp³-hybridized carbons (Fsp3) is 0.500. The number of carbonyl (C=O) groups excluding carboxylic acids is 1. The first-order valence-electron chi connectivity index (χ1n) is 3.08. The van der Waals surface area contributed by atoms with E-state index in [4.69, 9.17) is 10.6 Å². The fourth-order valence-electron chi connectivity index (χ4n) is 0.316. The summed E-state index contributed by atoms with van der Waals surface area (Å²) >= 11 is 0. The van der Waals surface area contributed by atoms with Gasteiger partial charge >= 0.3 is 5.97 Å². The molecule has 0 fully saturated rings. The summed E-state index contributed by atoms with van der Waals surface area (Å²) in [6.07, 6.45) is 0. The molecular weight excluding hydrogens is 146 g/mol. The van der Waals surface area contributed by atoms with Crippen LogP contribution in [-0.4, -0.2) is 24.8 Å². The maximum atomic E-state index is 10.7. The van der Waals surface area contributed by atoms with Gasteiger partial charge in [0, 0.05) is 12.6 Å². The lowest BCUT2D eigenvalue weighted by Crippen LogP contribution is -2.41. The molecule has 0 bridgehead atoms. The molecular formula is C6H13N3O2. The molecule has 11 heavy (non-hydrogen) atoms. The van der Waals surface area contributed by atoms with E-state index >= 15 is 0 Å². The topological polar surface area (TPSA) is 67.6 Å². The Labute approximate surface area is 65.7 Å². The average Bonchev–Trinajstić information content (AvgIpc) is 1.99. The summed E-state index contributed by atoms with van der Waals surface area (Å²) in [5.41, 5.74) is 2.66. The summed E-state index contributed by atoms with van der Waals surface area (Å²) in [6, 6.07) is 0. The summed E-state index contributed by atoms with van der Waals surface area (Å²) in [4.78, 5) is 10.7. The molecule has 0 aromatic carbocycles. The van der Waals surface area contributed by atoms with Gasteiger partial charge in [0.1, 0.15) is 0 Å². The van der Waals surface area contributed by atoms with E-state index < -0.39 is 5.97 Å². The molecule has 0 atom stereocenters. The van der Waals surface area contributed by atoms with Crippen LogP contribution in [0.1, 0.15) is 6.92 Å². The highest BCUT2D eigenvalue weighted by molar-refractivity contribution is 5.86. The third-order valence-corrected chi connectivity index (χ3v) is 0.958. The lowest BCUT2D eigenvalue weighted by molar-refractivity contribution is -0.144. The first-order valence-corrected chi connectivity index (χ1v) is 3.08. The molecule has 0 saturated carbocycles. The highest BCUT2D eigenvalue weighted by atomic mass is 16.5. The van der Waals surface area contributed by atoms with Crippen LogP contribution in [0.4, 0.5) is 0 Å². The van der Waals surface area contributed by atoms with E-state index in [9.17, 15) is 4.79 Å².